The topological polar surface area (TPSA) is 55.4 Å². The normalized spacial score (nSPS) is 40.3. The summed E-state index contributed by atoms with van der Waals surface area (Å²) in [6.07, 6.45) is 2.16. The number of hydrogen-bond donors (Lipinski definition) is 1. The second kappa shape index (κ2) is 4.21. The van der Waals surface area contributed by atoms with Crippen molar-refractivity contribution >= 4 is 9.84 Å². The largest absolute Gasteiger partial charge is 0.360 e. The fraction of sp³-hybridized carbons (Fsp3) is 1.00. The van der Waals surface area contributed by atoms with Gasteiger partial charge in [0.1, 0.15) is 5.72 Å². The standard InChI is InChI=1S/C12H23NO3S/c1-11(2)8-13-12(3,16-9-11)7-10-5-4-6-17(10,14)15/h10,13H,4-9H2,1-3H3. The monoisotopic (exact) mass is 261 g/mol. The molecular formula is C12H23NO3S. The van der Waals surface area contributed by atoms with Crippen molar-refractivity contribution in [2.45, 2.75) is 51.0 Å². The molecule has 2 saturated heterocycles. The van der Waals surface area contributed by atoms with Crippen molar-refractivity contribution in [2.75, 3.05) is 18.9 Å². The van der Waals surface area contributed by atoms with Gasteiger partial charge >= 0.3 is 0 Å². The molecule has 2 rings (SSSR count). The molecule has 0 spiro atoms. The minimum Gasteiger partial charge on any atom is -0.360 e. The lowest BCUT2D eigenvalue weighted by atomic mass is 9.91. The van der Waals surface area contributed by atoms with E-state index in [0.29, 0.717) is 18.8 Å². The van der Waals surface area contributed by atoms with Gasteiger partial charge in [0.05, 0.1) is 17.6 Å². The predicted molar refractivity (Wildman–Crippen MR) is 67.6 cm³/mol. The molecule has 5 heteroatoms. The maximum absolute atomic E-state index is 11.8. The summed E-state index contributed by atoms with van der Waals surface area (Å²) >= 11 is 0. The summed E-state index contributed by atoms with van der Waals surface area (Å²) < 4.78 is 29.5. The first-order valence-electron chi connectivity index (χ1n) is 6.33. The van der Waals surface area contributed by atoms with Crippen LogP contribution in [-0.4, -0.2) is 38.3 Å². The Morgan fingerprint density at radius 2 is 2.06 bits per heavy atom. The van der Waals surface area contributed by atoms with E-state index in [1.165, 1.54) is 0 Å². The van der Waals surface area contributed by atoms with E-state index in [9.17, 15) is 8.42 Å². The van der Waals surface area contributed by atoms with E-state index < -0.39 is 15.6 Å². The van der Waals surface area contributed by atoms with E-state index in [0.717, 1.165) is 19.4 Å². The summed E-state index contributed by atoms with van der Waals surface area (Å²) in [5.41, 5.74) is -0.342. The van der Waals surface area contributed by atoms with Crippen LogP contribution in [-0.2, 0) is 14.6 Å². The third-order valence-corrected chi connectivity index (χ3v) is 6.08. The van der Waals surface area contributed by atoms with Gasteiger partial charge in [-0.3, -0.25) is 5.32 Å². The third kappa shape index (κ3) is 3.01. The first-order valence-corrected chi connectivity index (χ1v) is 8.05. The Hall–Kier alpha value is -0.130. The summed E-state index contributed by atoms with van der Waals surface area (Å²) in [6, 6.07) is 0. The van der Waals surface area contributed by atoms with Gasteiger partial charge in [-0.25, -0.2) is 8.42 Å². The van der Waals surface area contributed by atoms with Crippen LogP contribution >= 0.6 is 0 Å². The molecule has 100 valence electrons. The van der Waals surface area contributed by atoms with E-state index >= 15 is 0 Å². The van der Waals surface area contributed by atoms with Gasteiger partial charge < -0.3 is 4.74 Å². The highest BCUT2D eigenvalue weighted by Gasteiger charge is 2.41. The number of ether oxygens (including phenoxy) is 1. The van der Waals surface area contributed by atoms with Crippen LogP contribution in [0.5, 0.6) is 0 Å². The molecule has 2 atom stereocenters. The molecule has 2 aliphatic heterocycles. The van der Waals surface area contributed by atoms with E-state index in [4.69, 9.17) is 4.74 Å². The summed E-state index contributed by atoms with van der Waals surface area (Å²) in [7, 11) is -2.87. The van der Waals surface area contributed by atoms with Gasteiger partial charge in [-0.2, -0.15) is 0 Å². The fourth-order valence-electron chi connectivity index (χ4n) is 2.54. The van der Waals surface area contributed by atoms with E-state index in [2.05, 4.69) is 19.2 Å². The first-order chi connectivity index (χ1) is 7.73. The van der Waals surface area contributed by atoms with E-state index in [1.54, 1.807) is 0 Å². The summed E-state index contributed by atoms with van der Waals surface area (Å²) in [6.45, 7) is 7.81. The zero-order valence-electron chi connectivity index (χ0n) is 11.0. The Balaban J connectivity index is 2.00. The number of rotatable bonds is 2. The molecule has 0 aliphatic carbocycles. The molecule has 2 unspecified atom stereocenters. The Labute approximate surface area is 104 Å². The first kappa shape index (κ1) is 13.3. The molecule has 0 bridgehead atoms. The fourth-order valence-corrected chi connectivity index (χ4v) is 4.54. The zero-order chi connectivity index (χ0) is 12.7. The Kier molecular flexibility index (Phi) is 3.30. The van der Waals surface area contributed by atoms with E-state index in [1.807, 2.05) is 6.92 Å². The second-order valence-electron chi connectivity index (χ2n) is 6.37. The van der Waals surface area contributed by atoms with Crippen LogP contribution in [0.1, 0.15) is 40.0 Å². The maximum Gasteiger partial charge on any atom is 0.153 e. The van der Waals surface area contributed by atoms with Crippen molar-refractivity contribution in [3.63, 3.8) is 0 Å². The lowest BCUT2D eigenvalue weighted by molar-refractivity contribution is -0.130. The summed E-state index contributed by atoms with van der Waals surface area (Å²) in [5.74, 6) is 0.346. The SMILES string of the molecule is CC1(C)CNC(C)(CC2CCCS2(=O)=O)OC1. The molecule has 4 nitrogen and oxygen atoms in total. The van der Waals surface area contributed by atoms with Crippen molar-refractivity contribution in [3.05, 3.63) is 0 Å². The van der Waals surface area contributed by atoms with Crippen LogP contribution in [0.25, 0.3) is 0 Å². The molecule has 0 saturated carbocycles. The molecule has 0 aromatic rings. The lowest BCUT2D eigenvalue weighted by Crippen LogP contribution is -2.57. The smallest absolute Gasteiger partial charge is 0.153 e. The van der Waals surface area contributed by atoms with Gasteiger partial charge in [0, 0.05) is 18.4 Å². The van der Waals surface area contributed by atoms with Crippen LogP contribution in [0.3, 0.4) is 0 Å². The maximum atomic E-state index is 11.8. The van der Waals surface area contributed by atoms with Crippen LogP contribution in [0.4, 0.5) is 0 Å². The highest BCUT2D eigenvalue weighted by molar-refractivity contribution is 7.92. The molecular weight excluding hydrogens is 238 g/mol. The third-order valence-electron chi connectivity index (χ3n) is 3.80. The van der Waals surface area contributed by atoms with Crippen molar-refractivity contribution in [3.8, 4) is 0 Å². The number of sulfone groups is 1. The van der Waals surface area contributed by atoms with Gasteiger partial charge in [0.15, 0.2) is 9.84 Å². The van der Waals surface area contributed by atoms with Crippen molar-refractivity contribution in [1.82, 2.24) is 5.32 Å². The second-order valence-corrected chi connectivity index (χ2v) is 8.77. The van der Waals surface area contributed by atoms with Crippen molar-refractivity contribution in [2.24, 2.45) is 5.41 Å². The number of hydrogen-bond acceptors (Lipinski definition) is 4. The quantitative estimate of drug-likeness (QED) is 0.814. The molecule has 0 aromatic heterocycles. The molecule has 2 heterocycles. The lowest BCUT2D eigenvalue weighted by Gasteiger charge is -2.43. The van der Waals surface area contributed by atoms with Crippen LogP contribution in [0.2, 0.25) is 0 Å². The average molecular weight is 261 g/mol. The molecule has 2 fully saturated rings. The van der Waals surface area contributed by atoms with Crippen molar-refractivity contribution in [1.29, 1.82) is 0 Å². The Morgan fingerprint density at radius 3 is 2.53 bits per heavy atom. The highest BCUT2D eigenvalue weighted by atomic mass is 32.2. The molecule has 0 amide bonds. The zero-order valence-corrected chi connectivity index (χ0v) is 11.8. The summed E-state index contributed by atoms with van der Waals surface area (Å²) in [5, 5.41) is 3.14. The highest BCUT2D eigenvalue weighted by Crippen LogP contribution is 2.32. The Morgan fingerprint density at radius 1 is 1.35 bits per heavy atom. The van der Waals surface area contributed by atoms with Gasteiger partial charge in [0.25, 0.3) is 0 Å². The molecule has 0 aromatic carbocycles. The molecule has 17 heavy (non-hydrogen) atoms. The van der Waals surface area contributed by atoms with Crippen LogP contribution in [0, 0.1) is 5.41 Å². The Bertz CT molecular complexity index is 379. The molecule has 1 N–H and O–H groups in total. The van der Waals surface area contributed by atoms with Crippen LogP contribution < -0.4 is 5.32 Å². The minimum atomic E-state index is -2.87. The van der Waals surface area contributed by atoms with Gasteiger partial charge in [0.2, 0.25) is 0 Å². The van der Waals surface area contributed by atoms with Crippen molar-refractivity contribution < 1.29 is 13.2 Å². The number of nitrogens with one attached hydrogen (secondary N) is 1. The minimum absolute atomic E-state index is 0.133. The van der Waals surface area contributed by atoms with Gasteiger partial charge in [-0.15, -0.1) is 0 Å². The van der Waals surface area contributed by atoms with Gasteiger partial charge in [-0.05, 0) is 19.8 Å². The molecule has 0 radical (unpaired) electrons. The average Bonchev–Trinajstić information content (AvgIpc) is 2.52. The van der Waals surface area contributed by atoms with Crippen LogP contribution in [0.15, 0.2) is 0 Å². The van der Waals surface area contributed by atoms with E-state index in [-0.39, 0.29) is 10.7 Å². The molecule has 2 aliphatic rings. The summed E-state index contributed by atoms with van der Waals surface area (Å²) in [4.78, 5) is 0. The predicted octanol–water partition coefficient (Wildman–Crippen LogP) is 1.32. The van der Waals surface area contributed by atoms with Gasteiger partial charge in [-0.1, -0.05) is 13.8 Å².